The van der Waals surface area contributed by atoms with Crippen LogP contribution in [0.5, 0.6) is 5.75 Å². The fourth-order valence-corrected chi connectivity index (χ4v) is 4.68. The SMILES string of the molecule is CN1CCN(CCOc2ccc(/C=C/C(=O)c3c(-c4ccccc4)c4ccccc4[nH]c3=O)cc2)CC1. The number of fused-ring (bicyclic) bond motifs is 1. The number of pyridine rings is 1. The molecule has 6 heteroatoms. The van der Waals surface area contributed by atoms with Crippen molar-refractivity contribution in [2.45, 2.75) is 0 Å². The zero-order valence-electron chi connectivity index (χ0n) is 21.0. The van der Waals surface area contributed by atoms with Gasteiger partial charge in [-0.3, -0.25) is 14.5 Å². The molecule has 0 saturated carbocycles. The van der Waals surface area contributed by atoms with Gasteiger partial charge in [0.15, 0.2) is 5.78 Å². The molecule has 0 spiro atoms. The summed E-state index contributed by atoms with van der Waals surface area (Å²) in [6.07, 6.45) is 3.20. The first kappa shape index (κ1) is 24.7. The maximum Gasteiger partial charge on any atom is 0.260 e. The summed E-state index contributed by atoms with van der Waals surface area (Å²) < 4.78 is 5.92. The number of aromatic nitrogens is 1. The molecular weight excluding hydrogens is 462 g/mol. The Bertz CT molecular complexity index is 1450. The topological polar surface area (TPSA) is 65.6 Å². The molecule has 1 fully saturated rings. The third kappa shape index (κ3) is 5.88. The number of nitrogens with one attached hydrogen (secondary N) is 1. The first-order valence-corrected chi connectivity index (χ1v) is 12.6. The highest BCUT2D eigenvalue weighted by molar-refractivity contribution is 6.15. The Morgan fingerprint density at radius 3 is 2.38 bits per heavy atom. The minimum atomic E-state index is -0.392. The van der Waals surface area contributed by atoms with Crippen LogP contribution in [0.1, 0.15) is 15.9 Å². The number of ether oxygens (including phenoxy) is 1. The van der Waals surface area contributed by atoms with E-state index in [0.717, 1.165) is 55.0 Å². The minimum Gasteiger partial charge on any atom is -0.492 e. The molecule has 0 bridgehead atoms. The van der Waals surface area contributed by atoms with E-state index in [4.69, 9.17) is 4.74 Å². The van der Waals surface area contributed by atoms with Gasteiger partial charge in [0, 0.05) is 49.2 Å². The highest BCUT2D eigenvalue weighted by atomic mass is 16.5. The molecule has 1 aliphatic heterocycles. The predicted octanol–water partition coefficient (Wildman–Crippen LogP) is 4.72. The van der Waals surface area contributed by atoms with Gasteiger partial charge in [-0.05, 0) is 42.4 Å². The highest BCUT2D eigenvalue weighted by Crippen LogP contribution is 2.30. The molecule has 0 aliphatic carbocycles. The summed E-state index contributed by atoms with van der Waals surface area (Å²) in [6, 6.07) is 24.8. The van der Waals surface area contributed by atoms with E-state index >= 15 is 0 Å². The van der Waals surface area contributed by atoms with E-state index in [0.29, 0.717) is 17.7 Å². The maximum absolute atomic E-state index is 13.3. The summed E-state index contributed by atoms with van der Waals surface area (Å²) in [6.45, 7) is 5.89. The largest absolute Gasteiger partial charge is 0.492 e. The third-order valence-electron chi connectivity index (χ3n) is 6.81. The van der Waals surface area contributed by atoms with E-state index in [1.807, 2.05) is 78.9 Å². The van der Waals surface area contributed by atoms with Gasteiger partial charge in [-0.1, -0.05) is 66.7 Å². The zero-order chi connectivity index (χ0) is 25.6. The Balaban J connectivity index is 1.30. The Morgan fingerprint density at radius 1 is 0.919 bits per heavy atom. The van der Waals surface area contributed by atoms with Crippen LogP contribution in [0.2, 0.25) is 0 Å². The van der Waals surface area contributed by atoms with Crippen LogP contribution >= 0.6 is 0 Å². The highest BCUT2D eigenvalue weighted by Gasteiger charge is 2.19. The zero-order valence-corrected chi connectivity index (χ0v) is 21.0. The van der Waals surface area contributed by atoms with Crippen LogP contribution in [-0.4, -0.2) is 66.9 Å². The van der Waals surface area contributed by atoms with E-state index in [2.05, 4.69) is 21.8 Å². The van der Waals surface area contributed by atoms with Crippen LogP contribution in [0.25, 0.3) is 28.1 Å². The second kappa shape index (κ2) is 11.4. The van der Waals surface area contributed by atoms with E-state index < -0.39 is 5.56 Å². The molecule has 3 aromatic carbocycles. The monoisotopic (exact) mass is 493 g/mol. The minimum absolute atomic E-state index is 0.144. The lowest BCUT2D eigenvalue weighted by Crippen LogP contribution is -2.45. The van der Waals surface area contributed by atoms with Crippen molar-refractivity contribution in [2.24, 2.45) is 0 Å². The van der Waals surface area contributed by atoms with Crippen molar-refractivity contribution < 1.29 is 9.53 Å². The van der Waals surface area contributed by atoms with E-state index in [-0.39, 0.29) is 11.3 Å². The van der Waals surface area contributed by atoms with Gasteiger partial charge in [-0.25, -0.2) is 0 Å². The summed E-state index contributed by atoms with van der Waals surface area (Å²) in [5.41, 5.74) is 2.80. The summed E-state index contributed by atoms with van der Waals surface area (Å²) >= 11 is 0. The summed E-state index contributed by atoms with van der Waals surface area (Å²) in [5, 5.41) is 0.836. The van der Waals surface area contributed by atoms with Crippen molar-refractivity contribution in [3.05, 3.63) is 106 Å². The number of nitrogens with zero attached hydrogens (tertiary/aromatic N) is 2. The standard InChI is InChI=1S/C31H31N3O3/c1-33-17-19-34(20-18-33)21-22-37-25-14-11-23(12-15-25)13-16-28(35)30-29(24-7-3-2-4-8-24)26-9-5-6-10-27(26)32-31(30)36/h2-16H,17-22H2,1H3,(H,32,36)/b16-13+. The van der Waals surface area contributed by atoms with Crippen LogP contribution in [0, 0.1) is 0 Å². The molecule has 0 radical (unpaired) electrons. The molecule has 1 aromatic heterocycles. The number of H-pyrrole nitrogens is 1. The Hall–Kier alpha value is -4.00. The molecule has 0 atom stereocenters. The predicted molar refractivity (Wildman–Crippen MR) is 149 cm³/mol. The molecule has 1 aliphatic rings. The van der Waals surface area contributed by atoms with Crippen LogP contribution in [0.3, 0.4) is 0 Å². The van der Waals surface area contributed by atoms with Gasteiger partial charge in [0.05, 0.1) is 5.56 Å². The molecule has 0 unspecified atom stereocenters. The molecule has 5 rings (SSSR count). The van der Waals surface area contributed by atoms with Crippen molar-refractivity contribution in [2.75, 3.05) is 46.4 Å². The second-order valence-corrected chi connectivity index (χ2v) is 9.38. The van der Waals surface area contributed by atoms with Gasteiger partial charge in [-0.15, -0.1) is 0 Å². The van der Waals surface area contributed by atoms with Crippen molar-refractivity contribution in [1.82, 2.24) is 14.8 Å². The van der Waals surface area contributed by atoms with Crippen LogP contribution in [0.15, 0.2) is 89.7 Å². The van der Waals surface area contributed by atoms with Crippen LogP contribution in [0.4, 0.5) is 0 Å². The van der Waals surface area contributed by atoms with Crippen molar-refractivity contribution in [3.63, 3.8) is 0 Å². The number of hydrogen-bond acceptors (Lipinski definition) is 5. The average molecular weight is 494 g/mol. The summed E-state index contributed by atoms with van der Waals surface area (Å²) in [4.78, 5) is 34.0. The number of rotatable bonds is 8. The molecule has 0 amide bonds. The number of carbonyl (C=O) groups is 1. The van der Waals surface area contributed by atoms with Crippen LogP contribution < -0.4 is 10.3 Å². The summed E-state index contributed by atoms with van der Waals surface area (Å²) in [5.74, 6) is 0.466. The van der Waals surface area contributed by atoms with Gasteiger partial charge >= 0.3 is 0 Å². The lowest BCUT2D eigenvalue weighted by molar-refractivity contribution is 0.104. The first-order valence-electron chi connectivity index (χ1n) is 12.6. The third-order valence-corrected chi connectivity index (χ3v) is 6.81. The quantitative estimate of drug-likeness (QED) is 0.284. The van der Waals surface area contributed by atoms with Gasteiger partial charge in [0.1, 0.15) is 12.4 Å². The number of para-hydroxylation sites is 1. The molecule has 4 aromatic rings. The molecule has 1 N–H and O–H groups in total. The fourth-order valence-electron chi connectivity index (χ4n) is 4.68. The Kier molecular flexibility index (Phi) is 7.59. The normalized spacial score (nSPS) is 14.8. The molecule has 188 valence electrons. The lowest BCUT2D eigenvalue weighted by Gasteiger charge is -2.32. The second-order valence-electron chi connectivity index (χ2n) is 9.38. The molecule has 2 heterocycles. The van der Waals surface area contributed by atoms with Crippen molar-refractivity contribution in [1.29, 1.82) is 0 Å². The molecular formula is C31H31N3O3. The molecule has 37 heavy (non-hydrogen) atoms. The number of hydrogen-bond donors (Lipinski definition) is 1. The molecule has 6 nitrogen and oxygen atoms in total. The first-order chi connectivity index (χ1) is 18.1. The maximum atomic E-state index is 13.3. The van der Waals surface area contributed by atoms with E-state index in [1.54, 1.807) is 6.08 Å². The van der Waals surface area contributed by atoms with Crippen molar-refractivity contribution >= 4 is 22.8 Å². The van der Waals surface area contributed by atoms with Gasteiger partial charge in [0.2, 0.25) is 0 Å². The molecule has 1 saturated heterocycles. The number of likely N-dealkylation sites (N-methyl/N-ethyl adjacent to an activating group) is 1. The van der Waals surface area contributed by atoms with Crippen molar-refractivity contribution in [3.8, 4) is 16.9 Å². The Morgan fingerprint density at radius 2 is 1.62 bits per heavy atom. The van der Waals surface area contributed by atoms with E-state index in [9.17, 15) is 9.59 Å². The average Bonchev–Trinajstić information content (AvgIpc) is 2.93. The number of aromatic amines is 1. The van der Waals surface area contributed by atoms with Crippen LogP contribution in [-0.2, 0) is 0 Å². The Labute approximate surface area is 216 Å². The van der Waals surface area contributed by atoms with Gasteiger partial charge < -0.3 is 14.6 Å². The van der Waals surface area contributed by atoms with Gasteiger partial charge in [0.25, 0.3) is 5.56 Å². The number of ketones is 1. The number of carbonyl (C=O) groups excluding carboxylic acids is 1. The number of allylic oxidation sites excluding steroid dienone is 1. The summed E-state index contributed by atoms with van der Waals surface area (Å²) in [7, 11) is 2.15. The van der Waals surface area contributed by atoms with Gasteiger partial charge in [-0.2, -0.15) is 0 Å². The lowest BCUT2D eigenvalue weighted by atomic mass is 9.94. The fraction of sp³-hybridized carbons (Fsp3) is 0.226. The number of piperazine rings is 1. The number of benzene rings is 3. The van der Waals surface area contributed by atoms with E-state index in [1.165, 1.54) is 6.08 Å². The smallest absolute Gasteiger partial charge is 0.260 e.